The highest BCUT2D eigenvalue weighted by molar-refractivity contribution is 6.42. The first-order valence-corrected chi connectivity index (χ1v) is 6.97. The predicted molar refractivity (Wildman–Crippen MR) is 84.9 cm³/mol. The molecule has 0 saturated heterocycles. The van der Waals surface area contributed by atoms with Gasteiger partial charge in [-0.1, -0.05) is 40.9 Å². The zero-order valence-corrected chi connectivity index (χ0v) is 12.4. The van der Waals surface area contributed by atoms with Crippen LogP contribution in [-0.2, 0) is 0 Å². The molecule has 0 bridgehead atoms. The van der Waals surface area contributed by atoms with Crippen LogP contribution in [0, 0.1) is 0 Å². The summed E-state index contributed by atoms with van der Waals surface area (Å²) in [6, 6.07) is 13.1. The highest BCUT2D eigenvalue weighted by Crippen LogP contribution is 2.24. The van der Waals surface area contributed by atoms with E-state index < -0.39 is 0 Å². The molecule has 19 heavy (non-hydrogen) atoms. The van der Waals surface area contributed by atoms with E-state index in [0.29, 0.717) is 10.0 Å². The SMILES string of the molecule is Clc1cccc(NCCNc2ccc(Cl)c(Cl)c2)c1. The first kappa shape index (κ1) is 14.3. The maximum absolute atomic E-state index is 5.94. The lowest BCUT2D eigenvalue weighted by molar-refractivity contribution is 1.08. The molecule has 0 aliphatic heterocycles. The lowest BCUT2D eigenvalue weighted by Crippen LogP contribution is -2.13. The van der Waals surface area contributed by atoms with Gasteiger partial charge in [-0.3, -0.25) is 0 Å². The number of hydrogen-bond donors (Lipinski definition) is 2. The Morgan fingerprint density at radius 3 is 2.05 bits per heavy atom. The molecule has 0 amide bonds. The highest BCUT2D eigenvalue weighted by atomic mass is 35.5. The van der Waals surface area contributed by atoms with Crippen molar-refractivity contribution in [1.29, 1.82) is 0 Å². The van der Waals surface area contributed by atoms with Gasteiger partial charge < -0.3 is 10.6 Å². The van der Waals surface area contributed by atoms with Gasteiger partial charge in [-0.2, -0.15) is 0 Å². The predicted octanol–water partition coefficient (Wildman–Crippen LogP) is 5.17. The Kier molecular flexibility index (Phi) is 5.20. The quantitative estimate of drug-likeness (QED) is 0.744. The number of benzene rings is 2. The molecule has 2 rings (SSSR count). The fraction of sp³-hybridized carbons (Fsp3) is 0.143. The maximum atomic E-state index is 5.94. The van der Waals surface area contributed by atoms with E-state index in [4.69, 9.17) is 34.8 Å². The van der Waals surface area contributed by atoms with Crippen molar-refractivity contribution in [2.24, 2.45) is 0 Å². The fourth-order valence-electron chi connectivity index (χ4n) is 1.62. The Morgan fingerprint density at radius 1 is 0.737 bits per heavy atom. The van der Waals surface area contributed by atoms with Gasteiger partial charge in [0, 0.05) is 29.5 Å². The van der Waals surface area contributed by atoms with Crippen LogP contribution in [0.5, 0.6) is 0 Å². The molecule has 5 heteroatoms. The van der Waals surface area contributed by atoms with Crippen molar-refractivity contribution in [3.63, 3.8) is 0 Å². The number of halogens is 3. The Bertz CT molecular complexity index is 558. The second-order valence-corrected chi connectivity index (χ2v) is 5.24. The molecule has 2 aromatic rings. The van der Waals surface area contributed by atoms with Crippen LogP contribution in [0.4, 0.5) is 11.4 Å². The van der Waals surface area contributed by atoms with E-state index in [1.165, 1.54) is 0 Å². The molecule has 2 N–H and O–H groups in total. The Labute approximate surface area is 127 Å². The number of nitrogens with one attached hydrogen (secondary N) is 2. The normalized spacial score (nSPS) is 10.3. The van der Waals surface area contributed by atoms with E-state index in [0.717, 1.165) is 29.5 Å². The van der Waals surface area contributed by atoms with Crippen LogP contribution in [0.25, 0.3) is 0 Å². The summed E-state index contributed by atoms with van der Waals surface area (Å²) in [5.41, 5.74) is 1.95. The second kappa shape index (κ2) is 6.90. The van der Waals surface area contributed by atoms with E-state index in [1.54, 1.807) is 6.07 Å². The summed E-state index contributed by atoms with van der Waals surface area (Å²) in [4.78, 5) is 0. The molecule has 0 aliphatic rings. The van der Waals surface area contributed by atoms with Gasteiger partial charge in [-0.15, -0.1) is 0 Å². The summed E-state index contributed by atoms with van der Waals surface area (Å²) in [5, 5.41) is 8.37. The average molecular weight is 316 g/mol. The van der Waals surface area contributed by atoms with Gasteiger partial charge >= 0.3 is 0 Å². The fourth-order valence-corrected chi connectivity index (χ4v) is 2.11. The summed E-state index contributed by atoms with van der Waals surface area (Å²) in [5.74, 6) is 0. The third-order valence-corrected chi connectivity index (χ3v) is 3.50. The van der Waals surface area contributed by atoms with Crippen LogP contribution in [0.15, 0.2) is 42.5 Å². The van der Waals surface area contributed by atoms with Gasteiger partial charge in [0.1, 0.15) is 0 Å². The highest BCUT2D eigenvalue weighted by Gasteiger charge is 1.98. The second-order valence-electron chi connectivity index (χ2n) is 3.99. The van der Waals surface area contributed by atoms with Crippen LogP contribution in [0.3, 0.4) is 0 Å². The average Bonchev–Trinajstić information content (AvgIpc) is 2.39. The lowest BCUT2D eigenvalue weighted by atomic mass is 10.3. The van der Waals surface area contributed by atoms with Crippen molar-refractivity contribution < 1.29 is 0 Å². The molecule has 0 spiro atoms. The third kappa shape index (κ3) is 4.50. The third-order valence-electron chi connectivity index (χ3n) is 2.53. The molecule has 0 aliphatic carbocycles. The minimum Gasteiger partial charge on any atom is -0.383 e. The van der Waals surface area contributed by atoms with Crippen molar-refractivity contribution in [2.45, 2.75) is 0 Å². The molecule has 0 unspecified atom stereocenters. The van der Waals surface area contributed by atoms with Crippen molar-refractivity contribution in [2.75, 3.05) is 23.7 Å². The Morgan fingerprint density at radius 2 is 1.42 bits per heavy atom. The summed E-state index contributed by atoms with van der Waals surface area (Å²) >= 11 is 17.7. The summed E-state index contributed by atoms with van der Waals surface area (Å²) in [6.07, 6.45) is 0. The van der Waals surface area contributed by atoms with E-state index in [9.17, 15) is 0 Å². The van der Waals surface area contributed by atoms with Gasteiger partial charge in [0.2, 0.25) is 0 Å². The largest absolute Gasteiger partial charge is 0.383 e. The van der Waals surface area contributed by atoms with Crippen molar-refractivity contribution >= 4 is 46.2 Å². The van der Waals surface area contributed by atoms with Crippen LogP contribution in [0.1, 0.15) is 0 Å². The van der Waals surface area contributed by atoms with Crippen molar-refractivity contribution in [3.05, 3.63) is 57.5 Å². The van der Waals surface area contributed by atoms with Gasteiger partial charge in [0.05, 0.1) is 10.0 Å². The standard InChI is InChI=1S/C14H13Cl3N2/c15-10-2-1-3-11(8-10)18-6-7-19-12-4-5-13(16)14(17)9-12/h1-5,8-9,18-19H,6-7H2. The topological polar surface area (TPSA) is 24.1 Å². The van der Waals surface area contributed by atoms with Gasteiger partial charge in [0.15, 0.2) is 0 Å². The lowest BCUT2D eigenvalue weighted by Gasteiger charge is -2.09. The molecule has 2 nitrogen and oxygen atoms in total. The maximum Gasteiger partial charge on any atom is 0.0612 e. The Balaban J connectivity index is 1.79. The van der Waals surface area contributed by atoms with Crippen LogP contribution in [-0.4, -0.2) is 13.1 Å². The van der Waals surface area contributed by atoms with Gasteiger partial charge in [0.25, 0.3) is 0 Å². The van der Waals surface area contributed by atoms with Crippen molar-refractivity contribution in [3.8, 4) is 0 Å². The summed E-state index contributed by atoms with van der Waals surface area (Å²) < 4.78 is 0. The minimum atomic E-state index is 0.550. The van der Waals surface area contributed by atoms with Crippen molar-refractivity contribution in [1.82, 2.24) is 0 Å². The molecule has 0 fully saturated rings. The molecule has 0 heterocycles. The molecule has 2 aromatic carbocycles. The Hall–Kier alpha value is -1.09. The molecule has 0 aromatic heterocycles. The molecule has 0 saturated carbocycles. The minimum absolute atomic E-state index is 0.550. The zero-order valence-electron chi connectivity index (χ0n) is 10.1. The van der Waals surface area contributed by atoms with Gasteiger partial charge in [-0.25, -0.2) is 0 Å². The first-order valence-electron chi connectivity index (χ1n) is 5.83. The smallest absolute Gasteiger partial charge is 0.0612 e. The van der Waals surface area contributed by atoms with E-state index in [-0.39, 0.29) is 0 Å². The monoisotopic (exact) mass is 314 g/mol. The molecule has 0 atom stereocenters. The zero-order chi connectivity index (χ0) is 13.7. The first-order chi connectivity index (χ1) is 9.15. The van der Waals surface area contributed by atoms with E-state index in [1.807, 2.05) is 36.4 Å². The van der Waals surface area contributed by atoms with Gasteiger partial charge in [-0.05, 0) is 36.4 Å². The molecular formula is C14H13Cl3N2. The molecular weight excluding hydrogens is 303 g/mol. The van der Waals surface area contributed by atoms with Crippen LogP contribution in [0.2, 0.25) is 15.1 Å². The number of hydrogen-bond acceptors (Lipinski definition) is 2. The summed E-state index contributed by atoms with van der Waals surface area (Å²) in [6.45, 7) is 1.55. The number of anilines is 2. The van der Waals surface area contributed by atoms with Crippen LogP contribution >= 0.6 is 34.8 Å². The summed E-state index contributed by atoms with van der Waals surface area (Å²) in [7, 11) is 0. The van der Waals surface area contributed by atoms with E-state index in [2.05, 4.69) is 10.6 Å². The molecule has 0 radical (unpaired) electrons. The van der Waals surface area contributed by atoms with E-state index >= 15 is 0 Å². The van der Waals surface area contributed by atoms with Crippen LogP contribution < -0.4 is 10.6 Å². The molecule has 100 valence electrons. The number of rotatable bonds is 5.